The molecule has 3 atom stereocenters. The normalized spacial score (nSPS) is 14.4. The number of rotatable bonds is 59. The maximum absolute atomic E-state index is 13.6. The molecule has 0 aliphatic heterocycles. The zero-order chi connectivity index (χ0) is 60.7. The number of phosphoric acid groups is 1. The number of quaternary nitrogens is 1. The summed E-state index contributed by atoms with van der Waals surface area (Å²) < 4.78 is 30.4. The van der Waals surface area contributed by atoms with E-state index >= 15 is 0 Å². The predicted molar refractivity (Wildman–Crippen MR) is 357 cm³/mol. The first kappa shape index (κ1) is 79.2. The van der Waals surface area contributed by atoms with E-state index in [1.807, 2.05) is 33.3 Å². The molecule has 0 aliphatic carbocycles. The van der Waals surface area contributed by atoms with Crippen LogP contribution in [-0.4, -0.2) is 69.4 Å². The summed E-state index contributed by atoms with van der Waals surface area (Å²) in [5.41, 5.74) is 0. The van der Waals surface area contributed by atoms with Gasteiger partial charge in [0.2, 0.25) is 5.91 Å². The summed E-state index contributed by atoms with van der Waals surface area (Å²) in [7, 11) is 1.14. The minimum atomic E-state index is -4.73. The SMILES string of the molecule is CC/C=C\C/C=C\C/C=C\C/C=C\C/C=C\C/C=C\CCCCCCC(=O)NC(COP(=O)([O-])OCC[N+](C)(C)C)C(/C=C/CCCCCCCCCCCCC)OC(=O)CCCCCCC/C=C\C/C=C\C/C=C\C/C=C\CCCCC. The Kier molecular flexibility index (Phi) is 58.4. The van der Waals surface area contributed by atoms with E-state index in [2.05, 4.69) is 148 Å². The van der Waals surface area contributed by atoms with E-state index in [0.717, 1.165) is 135 Å². The summed E-state index contributed by atoms with van der Waals surface area (Å²) in [6.45, 7) is 6.66. The fraction of sp³-hybridized carbons (Fsp3) is 0.671. The molecule has 0 saturated heterocycles. The van der Waals surface area contributed by atoms with Crippen molar-refractivity contribution in [2.75, 3.05) is 40.9 Å². The first-order valence-electron chi connectivity index (χ1n) is 33.5. The van der Waals surface area contributed by atoms with Crippen LogP contribution in [0.2, 0.25) is 0 Å². The molecular weight excluding hydrogens is 1050 g/mol. The van der Waals surface area contributed by atoms with Crippen LogP contribution in [0, 0.1) is 0 Å². The molecule has 1 N–H and O–H groups in total. The lowest BCUT2D eigenvalue weighted by atomic mass is 10.0. The lowest BCUT2D eigenvalue weighted by molar-refractivity contribution is -0.870. The van der Waals surface area contributed by atoms with E-state index in [1.165, 1.54) is 83.5 Å². The number of unbranched alkanes of at least 4 members (excludes halogenated alkanes) is 23. The minimum absolute atomic E-state index is 0.0385. The fourth-order valence-electron chi connectivity index (χ4n) is 8.92. The second kappa shape index (κ2) is 61.2. The molecule has 1 amide bonds. The van der Waals surface area contributed by atoms with E-state index in [4.69, 9.17) is 13.8 Å². The highest BCUT2D eigenvalue weighted by molar-refractivity contribution is 7.45. The van der Waals surface area contributed by atoms with Crippen LogP contribution in [0.5, 0.6) is 0 Å². The Morgan fingerprint density at radius 1 is 0.434 bits per heavy atom. The molecule has 0 rings (SSSR count). The summed E-state index contributed by atoms with van der Waals surface area (Å²) in [6, 6.07) is -0.921. The Bertz CT molecular complexity index is 1880. The topological polar surface area (TPSA) is 114 Å². The van der Waals surface area contributed by atoms with Crippen LogP contribution in [0.3, 0.4) is 0 Å². The number of hydrogen-bond acceptors (Lipinski definition) is 7. The average Bonchev–Trinajstić information content (AvgIpc) is 3.46. The first-order chi connectivity index (χ1) is 40.4. The molecule has 3 unspecified atom stereocenters. The van der Waals surface area contributed by atoms with Crippen molar-refractivity contribution in [3.05, 3.63) is 134 Å². The lowest BCUT2D eigenvalue weighted by Gasteiger charge is -2.30. The van der Waals surface area contributed by atoms with Crippen LogP contribution in [-0.2, 0) is 27.9 Å². The van der Waals surface area contributed by atoms with Gasteiger partial charge in [0.05, 0.1) is 33.8 Å². The van der Waals surface area contributed by atoms with Crippen LogP contribution in [0.15, 0.2) is 134 Å². The number of carbonyl (C=O) groups is 2. The molecule has 0 aromatic carbocycles. The van der Waals surface area contributed by atoms with Crippen LogP contribution >= 0.6 is 7.82 Å². The second-order valence-electron chi connectivity index (χ2n) is 23.2. The first-order valence-corrected chi connectivity index (χ1v) is 35.0. The summed E-state index contributed by atoms with van der Waals surface area (Å²) in [5, 5.41) is 3.02. The van der Waals surface area contributed by atoms with Gasteiger partial charge in [-0.3, -0.25) is 14.2 Å². The van der Waals surface area contributed by atoms with Crippen LogP contribution in [0.4, 0.5) is 0 Å². The number of esters is 1. The summed E-state index contributed by atoms with van der Waals surface area (Å²) >= 11 is 0. The van der Waals surface area contributed by atoms with Crippen LogP contribution in [0.25, 0.3) is 0 Å². The number of allylic oxidation sites excluding steroid dienone is 21. The molecule has 0 radical (unpaired) electrons. The van der Waals surface area contributed by atoms with Gasteiger partial charge in [-0.1, -0.05) is 258 Å². The molecular formula is C73H125N2O7P. The number of ether oxygens (including phenoxy) is 1. The van der Waals surface area contributed by atoms with Gasteiger partial charge in [0.25, 0.3) is 7.82 Å². The fourth-order valence-corrected chi connectivity index (χ4v) is 9.64. The Morgan fingerprint density at radius 3 is 1.18 bits per heavy atom. The molecule has 83 heavy (non-hydrogen) atoms. The molecule has 0 aliphatic rings. The zero-order valence-electron chi connectivity index (χ0n) is 54.1. The van der Waals surface area contributed by atoms with E-state index in [0.29, 0.717) is 23.9 Å². The molecule has 0 saturated carbocycles. The third-order valence-corrected chi connectivity index (χ3v) is 15.0. The van der Waals surface area contributed by atoms with Gasteiger partial charge in [0.1, 0.15) is 19.3 Å². The van der Waals surface area contributed by atoms with E-state index in [9.17, 15) is 19.0 Å². The Balaban J connectivity index is 5.32. The number of phosphoric ester groups is 1. The van der Waals surface area contributed by atoms with Gasteiger partial charge in [0.15, 0.2) is 0 Å². The van der Waals surface area contributed by atoms with Crippen molar-refractivity contribution in [1.29, 1.82) is 0 Å². The highest BCUT2D eigenvalue weighted by Crippen LogP contribution is 2.38. The van der Waals surface area contributed by atoms with Crippen molar-refractivity contribution in [3.8, 4) is 0 Å². The van der Waals surface area contributed by atoms with Crippen molar-refractivity contribution >= 4 is 19.7 Å². The van der Waals surface area contributed by atoms with E-state index < -0.39 is 26.6 Å². The molecule has 0 aromatic rings. The molecule has 474 valence electrons. The van der Waals surface area contributed by atoms with Crippen LogP contribution < -0.4 is 10.2 Å². The van der Waals surface area contributed by atoms with Crippen molar-refractivity contribution in [2.24, 2.45) is 0 Å². The standard InChI is InChI=1S/C73H125N2O7P/c1-7-10-13-16-19-22-25-28-30-32-34-36-37-39-40-42-44-47-50-53-56-59-62-65-72(76)74-70(69-81-83(78,79)80-68-67-75(4,5)6)71(64-61-58-55-52-49-46-27-24-21-18-15-12-9-3)82-73(77)66-63-60-57-54-51-48-45-43-41-38-35-33-31-29-26-23-20-17-14-11-8-2/h10,13,19-20,22-23,28-31,34-36,38-40,43-45,47,61,64,70-71H,7-9,11-12,14-18,21,24-27,32-33,37,41-42,46,48-60,62-63,65-69H2,1-6H3,(H-,74,76,78,79)/b13-10-,22-19-,23-20-,30-28-,31-29-,36-34-,38-35-,40-39-,45-43-,47-44-,64-61+. The van der Waals surface area contributed by atoms with Crippen molar-refractivity contribution in [2.45, 2.75) is 277 Å². The number of likely N-dealkylation sites (N-methyl/N-ethyl adjacent to an activating group) is 1. The molecule has 9 nitrogen and oxygen atoms in total. The third-order valence-electron chi connectivity index (χ3n) is 14.1. The molecule has 0 fully saturated rings. The van der Waals surface area contributed by atoms with E-state index in [-0.39, 0.29) is 31.3 Å². The number of nitrogens with zero attached hydrogens (tertiary/aromatic N) is 1. The summed E-state index contributed by atoms with van der Waals surface area (Å²) in [4.78, 5) is 40.1. The maximum Gasteiger partial charge on any atom is 0.306 e. The average molecular weight is 1170 g/mol. The van der Waals surface area contributed by atoms with Crippen LogP contribution in [0.1, 0.15) is 265 Å². The van der Waals surface area contributed by atoms with Crippen molar-refractivity contribution in [1.82, 2.24) is 5.32 Å². The van der Waals surface area contributed by atoms with Crippen molar-refractivity contribution < 1.29 is 37.3 Å². The highest BCUT2D eigenvalue weighted by atomic mass is 31.2. The lowest BCUT2D eigenvalue weighted by Crippen LogP contribution is -2.47. The molecule has 0 spiro atoms. The van der Waals surface area contributed by atoms with E-state index in [1.54, 1.807) is 0 Å². The smallest absolute Gasteiger partial charge is 0.306 e. The van der Waals surface area contributed by atoms with Gasteiger partial charge in [-0.15, -0.1) is 0 Å². The molecule has 0 aromatic heterocycles. The predicted octanol–water partition coefficient (Wildman–Crippen LogP) is 20.6. The van der Waals surface area contributed by atoms with Crippen molar-refractivity contribution in [3.63, 3.8) is 0 Å². The Labute approximate surface area is 511 Å². The number of hydrogen-bond donors (Lipinski definition) is 1. The van der Waals surface area contributed by atoms with Gasteiger partial charge in [-0.05, 0) is 128 Å². The number of amides is 1. The monoisotopic (exact) mass is 1170 g/mol. The van der Waals surface area contributed by atoms with Gasteiger partial charge >= 0.3 is 5.97 Å². The third kappa shape index (κ3) is 62.5. The minimum Gasteiger partial charge on any atom is -0.756 e. The van der Waals surface area contributed by atoms with Gasteiger partial charge in [-0.2, -0.15) is 0 Å². The Hall–Kier alpha value is -3.85. The zero-order valence-corrected chi connectivity index (χ0v) is 55.0. The van der Waals surface area contributed by atoms with Gasteiger partial charge < -0.3 is 28.5 Å². The van der Waals surface area contributed by atoms with Gasteiger partial charge in [0, 0.05) is 12.8 Å². The largest absolute Gasteiger partial charge is 0.756 e. The summed E-state index contributed by atoms with van der Waals surface area (Å²) in [5.74, 6) is -0.598. The maximum atomic E-state index is 13.6. The molecule has 0 bridgehead atoms. The molecule has 10 heteroatoms. The highest BCUT2D eigenvalue weighted by Gasteiger charge is 2.27. The quantitative estimate of drug-likeness (QED) is 0.0212. The molecule has 0 heterocycles. The Morgan fingerprint density at radius 2 is 0.771 bits per heavy atom. The van der Waals surface area contributed by atoms with Gasteiger partial charge in [-0.25, -0.2) is 0 Å². The number of carbonyl (C=O) groups excluding carboxylic acids is 2. The summed E-state index contributed by atoms with van der Waals surface area (Å²) in [6.07, 6.45) is 87.0. The number of nitrogens with one attached hydrogen (secondary N) is 1. The second-order valence-corrected chi connectivity index (χ2v) is 24.6.